The van der Waals surface area contributed by atoms with E-state index in [9.17, 15) is 9.59 Å². The average Bonchev–Trinajstić information content (AvgIpc) is 2.50. The van der Waals surface area contributed by atoms with Crippen LogP contribution in [0.5, 0.6) is 0 Å². The van der Waals surface area contributed by atoms with Crippen LogP contribution in [0.15, 0.2) is 24.3 Å². The van der Waals surface area contributed by atoms with Gasteiger partial charge in [0.15, 0.2) is 0 Å². The number of nitrogens with zero attached hydrogens (tertiary/aromatic N) is 1. The van der Waals surface area contributed by atoms with Gasteiger partial charge >= 0.3 is 5.97 Å². The van der Waals surface area contributed by atoms with E-state index in [1.54, 1.807) is 38.1 Å². The molecular formula is C16H19NO4. The van der Waals surface area contributed by atoms with Crippen LogP contribution in [-0.2, 0) is 9.53 Å². The first-order valence-corrected chi connectivity index (χ1v) is 6.77. The van der Waals surface area contributed by atoms with Gasteiger partial charge in [0, 0.05) is 12.1 Å². The van der Waals surface area contributed by atoms with Gasteiger partial charge in [-0.2, -0.15) is 0 Å². The van der Waals surface area contributed by atoms with Gasteiger partial charge < -0.3 is 14.7 Å². The zero-order valence-electron chi connectivity index (χ0n) is 12.3. The minimum atomic E-state index is -0.438. The first-order valence-electron chi connectivity index (χ1n) is 6.77. The fraction of sp³-hybridized carbons (Fsp3) is 0.375. The van der Waals surface area contributed by atoms with E-state index in [0.717, 1.165) is 0 Å². The average molecular weight is 289 g/mol. The fourth-order valence-electron chi connectivity index (χ4n) is 1.77. The Labute approximate surface area is 124 Å². The second-order valence-corrected chi connectivity index (χ2v) is 4.13. The molecule has 1 aromatic carbocycles. The van der Waals surface area contributed by atoms with Crippen molar-refractivity contribution < 1.29 is 19.4 Å². The third-order valence-electron chi connectivity index (χ3n) is 2.75. The van der Waals surface area contributed by atoms with Crippen molar-refractivity contribution in [1.82, 2.24) is 4.90 Å². The molecule has 0 heterocycles. The standard InChI is InChI=1S/C16H19NO4/c1-3-17(12-15(19)21-4-2)16(20)14-10-6-5-8-13(14)9-7-11-18/h5-6,8,10,18H,3-4,11-12H2,1-2H3. The number of aliphatic hydroxyl groups excluding tert-OH is 1. The smallest absolute Gasteiger partial charge is 0.325 e. The summed E-state index contributed by atoms with van der Waals surface area (Å²) in [6.45, 7) is 3.81. The molecule has 1 amide bonds. The molecule has 0 saturated heterocycles. The highest BCUT2D eigenvalue weighted by atomic mass is 16.5. The molecule has 1 N–H and O–H groups in total. The second kappa shape index (κ2) is 8.77. The Kier molecular flexibility index (Phi) is 6.99. The third-order valence-corrected chi connectivity index (χ3v) is 2.75. The Morgan fingerprint density at radius 3 is 2.62 bits per heavy atom. The van der Waals surface area contributed by atoms with Crippen molar-refractivity contribution in [3.63, 3.8) is 0 Å². The number of esters is 1. The normalized spacial score (nSPS) is 9.48. The topological polar surface area (TPSA) is 66.8 Å². The van der Waals surface area contributed by atoms with Crippen molar-refractivity contribution in [3.8, 4) is 11.8 Å². The molecule has 21 heavy (non-hydrogen) atoms. The summed E-state index contributed by atoms with van der Waals surface area (Å²) in [6.07, 6.45) is 0. The summed E-state index contributed by atoms with van der Waals surface area (Å²) in [6, 6.07) is 6.85. The minimum Gasteiger partial charge on any atom is -0.465 e. The van der Waals surface area contributed by atoms with Crippen molar-refractivity contribution >= 4 is 11.9 Å². The highest BCUT2D eigenvalue weighted by Crippen LogP contribution is 2.11. The van der Waals surface area contributed by atoms with Crippen molar-refractivity contribution in [2.75, 3.05) is 26.3 Å². The zero-order valence-corrected chi connectivity index (χ0v) is 12.3. The molecule has 5 nitrogen and oxygen atoms in total. The first kappa shape index (κ1) is 16.7. The van der Waals surface area contributed by atoms with Crippen LogP contribution in [0.25, 0.3) is 0 Å². The molecule has 1 rings (SSSR count). The van der Waals surface area contributed by atoms with Gasteiger partial charge in [-0.25, -0.2) is 0 Å². The Morgan fingerprint density at radius 1 is 1.29 bits per heavy atom. The van der Waals surface area contributed by atoms with E-state index in [1.165, 1.54) is 4.90 Å². The highest BCUT2D eigenvalue weighted by Gasteiger charge is 2.19. The molecule has 0 fully saturated rings. The number of hydrogen-bond donors (Lipinski definition) is 1. The molecule has 0 aromatic heterocycles. The van der Waals surface area contributed by atoms with E-state index >= 15 is 0 Å². The molecule has 0 aliphatic heterocycles. The summed E-state index contributed by atoms with van der Waals surface area (Å²) in [5, 5.41) is 8.76. The maximum absolute atomic E-state index is 12.5. The lowest BCUT2D eigenvalue weighted by atomic mass is 10.1. The maximum atomic E-state index is 12.5. The number of amides is 1. The molecular weight excluding hydrogens is 270 g/mol. The lowest BCUT2D eigenvalue weighted by Gasteiger charge is -2.20. The maximum Gasteiger partial charge on any atom is 0.325 e. The summed E-state index contributed by atoms with van der Waals surface area (Å²) in [5.74, 6) is 4.54. The number of aliphatic hydroxyl groups is 1. The number of carbonyl (C=O) groups excluding carboxylic acids is 2. The number of benzene rings is 1. The number of ether oxygens (including phenoxy) is 1. The van der Waals surface area contributed by atoms with Crippen LogP contribution in [0.2, 0.25) is 0 Å². The molecule has 1 aromatic rings. The number of rotatable bonds is 5. The van der Waals surface area contributed by atoms with E-state index in [2.05, 4.69) is 11.8 Å². The SMILES string of the molecule is CCOC(=O)CN(CC)C(=O)c1ccccc1C#CCO. The second-order valence-electron chi connectivity index (χ2n) is 4.13. The largest absolute Gasteiger partial charge is 0.465 e. The predicted molar refractivity (Wildman–Crippen MR) is 78.6 cm³/mol. The van der Waals surface area contributed by atoms with Crippen molar-refractivity contribution in [3.05, 3.63) is 35.4 Å². The molecule has 0 aliphatic carbocycles. The van der Waals surface area contributed by atoms with Crippen LogP contribution < -0.4 is 0 Å². The van der Waals surface area contributed by atoms with Crippen LogP contribution in [0.1, 0.15) is 29.8 Å². The van der Waals surface area contributed by atoms with Gasteiger partial charge in [-0.05, 0) is 26.0 Å². The highest BCUT2D eigenvalue weighted by molar-refractivity contribution is 5.98. The molecule has 0 aliphatic rings. The Bertz CT molecular complexity index is 557. The Balaban J connectivity index is 2.97. The minimum absolute atomic E-state index is 0.0923. The van der Waals surface area contributed by atoms with Gasteiger partial charge in [-0.3, -0.25) is 9.59 Å². The lowest BCUT2D eigenvalue weighted by molar-refractivity contribution is -0.143. The number of carbonyl (C=O) groups is 2. The van der Waals surface area contributed by atoms with Crippen LogP contribution >= 0.6 is 0 Å². The van der Waals surface area contributed by atoms with Crippen molar-refractivity contribution in [1.29, 1.82) is 0 Å². The third kappa shape index (κ3) is 4.93. The monoisotopic (exact) mass is 289 g/mol. The van der Waals surface area contributed by atoms with E-state index < -0.39 is 5.97 Å². The molecule has 0 saturated carbocycles. The number of likely N-dealkylation sites (N-methyl/N-ethyl adjacent to an activating group) is 1. The summed E-state index contributed by atoms with van der Waals surface area (Å²) >= 11 is 0. The Hall–Kier alpha value is -2.32. The van der Waals surface area contributed by atoms with Crippen LogP contribution in [0.3, 0.4) is 0 Å². The summed E-state index contributed by atoms with van der Waals surface area (Å²) in [7, 11) is 0. The van der Waals surface area contributed by atoms with Gasteiger partial charge in [-0.15, -0.1) is 0 Å². The van der Waals surface area contributed by atoms with E-state index in [4.69, 9.17) is 9.84 Å². The molecule has 5 heteroatoms. The van der Waals surface area contributed by atoms with Crippen molar-refractivity contribution in [2.45, 2.75) is 13.8 Å². The van der Waals surface area contributed by atoms with E-state index in [0.29, 0.717) is 17.7 Å². The predicted octanol–water partition coefficient (Wildman–Crippen LogP) is 1.06. The lowest BCUT2D eigenvalue weighted by Crippen LogP contribution is -2.36. The Morgan fingerprint density at radius 2 is 2.00 bits per heavy atom. The van der Waals surface area contributed by atoms with Crippen LogP contribution in [-0.4, -0.2) is 48.2 Å². The van der Waals surface area contributed by atoms with Gasteiger partial charge in [0.2, 0.25) is 0 Å². The number of hydrogen-bond acceptors (Lipinski definition) is 4. The van der Waals surface area contributed by atoms with Crippen molar-refractivity contribution in [2.24, 2.45) is 0 Å². The van der Waals surface area contributed by atoms with Crippen LogP contribution in [0.4, 0.5) is 0 Å². The fourth-order valence-corrected chi connectivity index (χ4v) is 1.77. The van der Waals surface area contributed by atoms with Gasteiger partial charge in [0.25, 0.3) is 5.91 Å². The van der Waals surface area contributed by atoms with Crippen LogP contribution in [0, 0.1) is 11.8 Å². The summed E-state index contributed by atoms with van der Waals surface area (Å²) in [5.41, 5.74) is 0.934. The molecule has 0 radical (unpaired) electrons. The van der Waals surface area contributed by atoms with Gasteiger partial charge in [-0.1, -0.05) is 24.0 Å². The molecule has 0 bridgehead atoms. The molecule has 0 atom stereocenters. The first-order chi connectivity index (χ1) is 10.1. The summed E-state index contributed by atoms with van der Waals surface area (Å²) < 4.78 is 4.86. The molecule has 112 valence electrons. The van der Waals surface area contributed by atoms with E-state index in [1.807, 2.05) is 0 Å². The quantitative estimate of drug-likeness (QED) is 0.650. The zero-order chi connectivity index (χ0) is 15.7. The molecule has 0 unspecified atom stereocenters. The van der Waals surface area contributed by atoms with Gasteiger partial charge in [0.05, 0.1) is 12.2 Å². The van der Waals surface area contributed by atoms with E-state index in [-0.39, 0.29) is 25.7 Å². The van der Waals surface area contributed by atoms with Gasteiger partial charge in [0.1, 0.15) is 13.2 Å². The molecule has 0 spiro atoms. The summed E-state index contributed by atoms with van der Waals surface area (Å²) in [4.78, 5) is 25.4.